The second kappa shape index (κ2) is 7.16. The number of nitrogens with zero attached hydrogens (tertiary/aromatic N) is 1. The first-order valence-corrected chi connectivity index (χ1v) is 9.11. The van der Waals surface area contributed by atoms with Gasteiger partial charge in [-0.05, 0) is 39.7 Å². The predicted molar refractivity (Wildman–Crippen MR) is 114 cm³/mol. The van der Waals surface area contributed by atoms with E-state index in [0.717, 1.165) is 27.1 Å². The molecule has 0 fully saturated rings. The second-order valence-electron chi connectivity index (χ2n) is 5.85. The minimum absolute atomic E-state index is 0.419. The molecule has 4 aromatic rings. The van der Waals surface area contributed by atoms with Crippen LogP contribution in [0, 0.1) is 0 Å². The van der Waals surface area contributed by atoms with Gasteiger partial charge in [-0.3, -0.25) is 5.43 Å². The molecule has 2 nitrogen and oxygen atoms in total. The number of hydrazone groups is 1. The average Bonchev–Trinajstić information content (AvgIpc) is 2.63. The summed E-state index contributed by atoms with van der Waals surface area (Å²) < 4.78 is 0. The Morgan fingerprint density at radius 1 is 0.731 bits per heavy atom. The van der Waals surface area contributed by atoms with Crippen LogP contribution in [0.5, 0.6) is 0 Å². The summed E-state index contributed by atoms with van der Waals surface area (Å²) in [5, 5.41) is 10.3. The molecule has 0 saturated heterocycles. The summed E-state index contributed by atoms with van der Waals surface area (Å²) in [7, 11) is 0. The molecule has 4 aromatic carbocycles. The third-order valence-electron chi connectivity index (χ3n) is 4.19. The van der Waals surface area contributed by atoms with Gasteiger partial charge in [0.05, 0.1) is 21.9 Å². The van der Waals surface area contributed by atoms with Gasteiger partial charge in [0.1, 0.15) is 0 Å². The third kappa shape index (κ3) is 3.24. The molecule has 128 valence electrons. The zero-order valence-electron chi connectivity index (χ0n) is 13.5. The molecular weight excluding hydrogens is 387 g/mol. The van der Waals surface area contributed by atoms with Crippen LogP contribution < -0.4 is 5.43 Å². The molecule has 0 aromatic heterocycles. The summed E-state index contributed by atoms with van der Waals surface area (Å²) in [5.74, 6) is 0. The maximum absolute atomic E-state index is 6.20. The zero-order chi connectivity index (χ0) is 18.1. The van der Waals surface area contributed by atoms with Crippen molar-refractivity contribution < 1.29 is 0 Å². The number of fused-ring (bicyclic) bond motifs is 2. The van der Waals surface area contributed by atoms with Crippen molar-refractivity contribution in [3.05, 3.63) is 87.4 Å². The summed E-state index contributed by atoms with van der Waals surface area (Å²) in [5.41, 5.74) is 4.49. The summed E-state index contributed by atoms with van der Waals surface area (Å²) in [6.45, 7) is 0. The van der Waals surface area contributed by atoms with E-state index in [9.17, 15) is 0 Å². The van der Waals surface area contributed by atoms with Crippen LogP contribution in [0.4, 0.5) is 5.69 Å². The molecule has 0 bridgehead atoms. The van der Waals surface area contributed by atoms with Gasteiger partial charge in [0.15, 0.2) is 0 Å². The molecule has 4 rings (SSSR count). The van der Waals surface area contributed by atoms with Gasteiger partial charge in [-0.2, -0.15) is 5.10 Å². The van der Waals surface area contributed by atoms with Gasteiger partial charge < -0.3 is 0 Å². The number of hydrogen-bond acceptors (Lipinski definition) is 2. The van der Waals surface area contributed by atoms with E-state index in [1.54, 1.807) is 18.3 Å². The van der Waals surface area contributed by atoms with E-state index < -0.39 is 0 Å². The van der Waals surface area contributed by atoms with Crippen LogP contribution in [-0.4, -0.2) is 6.21 Å². The molecule has 0 atom stereocenters. The van der Waals surface area contributed by atoms with Crippen molar-refractivity contribution >= 4 is 68.2 Å². The van der Waals surface area contributed by atoms with Crippen molar-refractivity contribution in [3.8, 4) is 0 Å². The lowest BCUT2D eigenvalue weighted by atomic mass is 9.97. The smallest absolute Gasteiger partial charge is 0.0935 e. The van der Waals surface area contributed by atoms with Crippen LogP contribution in [0.25, 0.3) is 21.5 Å². The van der Waals surface area contributed by atoms with Crippen molar-refractivity contribution in [2.75, 3.05) is 5.43 Å². The first kappa shape index (κ1) is 17.2. The van der Waals surface area contributed by atoms with Crippen molar-refractivity contribution in [3.63, 3.8) is 0 Å². The lowest BCUT2D eigenvalue weighted by Crippen LogP contribution is -1.94. The highest BCUT2D eigenvalue weighted by atomic mass is 35.5. The minimum atomic E-state index is 0.419. The Kier molecular flexibility index (Phi) is 4.73. The summed E-state index contributed by atoms with van der Waals surface area (Å²) >= 11 is 18.4. The van der Waals surface area contributed by atoms with E-state index in [1.165, 1.54) is 0 Å². The summed E-state index contributed by atoms with van der Waals surface area (Å²) in [6.07, 6.45) is 1.80. The molecule has 0 unspecified atom stereocenters. The van der Waals surface area contributed by atoms with Crippen molar-refractivity contribution in [2.24, 2.45) is 5.10 Å². The Hall–Kier alpha value is -2.26. The molecule has 0 aliphatic carbocycles. The lowest BCUT2D eigenvalue weighted by molar-refractivity contribution is 1.35. The normalized spacial score (nSPS) is 11.5. The Morgan fingerprint density at radius 3 is 1.85 bits per heavy atom. The first-order valence-electron chi connectivity index (χ1n) is 7.97. The largest absolute Gasteiger partial charge is 0.275 e. The van der Waals surface area contributed by atoms with Crippen molar-refractivity contribution in [2.45, 2.75) is 0 Å². The van der Waals surface area contributed by atoms with Crippen molar-refractivity contribution in [1.82, 2.24) is 0 Å². The number of hydrogen-bond donors (Lipinski definition) is 1. The molecule has 5 heteroatoms. The molecule has 0 aliphatic heterocycles. The number of rotatable bonds is 3. The molecular formula is C21H13Cl3N2. The molecule has 1 N–H and O–H groups in total. The van der Waals surface area contributed by atoms with E-state index in [0.29, 0.717) is 20.8 Å². The van der Waals surface area contributed by atoms with Gasteiger partial charge >= 0.3 is 0 Å². The van der Waals surface area contributed by atoms with E-state index in [-0.39, 0.29) is 0 Å². The first-order chi connectivity index (χ1) is 12.6. The third-order valence-corrected chi connectivity index (χ3v) is 5.00. The monoisotopic (exact) mass is 398 g/mol. The van der Waals surface area contributed by atoms with Gasteiger partial charge in [-0.1, -0.05) is 83.3 Å². The highest BCUT2D eigenvalue weighted by molar-refractivity contribution is 6.41. The maximum atomic E-state index is 6.20. The van der Waals surface area contributed by atoms with Crippen LogP contribution in [0.15, 0.2) is 71.8 Å². The zero-order valence-corrected chi connectivity index (χ0v) is 15.8. The number of halogens is 3. The molecule has 0 aliphatic rings. The number of benzene rings is 4. The average molecular weight is 400 g/mol. The molecule has 0 amide bonds. The Bertz CT molecular complexity index is 1080. The Morgan fingerprint density at radius 2 is 1.27 bits per heavy atom. The van der Waals surface area contributed by atoms with Crippen molar-refractivity contribution in [1.29, 1.82) is 0 Å². The van der Waals surface area contributed by atoms with Gasteiger partial charge in [0.2, 0.25) is 0 Å². The minimum Gasteiger partial charge on any atom is -0.275 e. The van der Waals surface area contributed by atoms with E-state index in [1.807, 2.05) is 24.3 Å². The summed E-state index contributed by atoms with van der Waals surface area (Å²) in [6, 6.07) is 21.9. The van der Waals surface area contributed by atoms with Gasteiger partial charge in [0.25, 0.3) is 0 Å². The summed E-state index contributed by atoms with van der Waals surface area (Å²) in [4.78, 5) is 0. The van der Waals surface area contributed by atoms with Gasteiger partial charge in [-0.15, -0.1) is 0 Å². The molecule has 0 heterocycles. The maximum Gasteiger partial charge on any atom is 0.0935 e. The molecule has 0 spiro atoms. The van der Waals surface area contributed by atoms with Crippen LogP contribution >= 0.6 is 34.8 Å². The standard InChI is InChI=1S/C21H13Cl3N2/c22-15-10-19(23)21(20(24)11-15)26-25-12-18-16-7-3-1-5-13(16)9-14-6-2-4-8-17(14)18/h1-12,26H. The fraction of sp³-hybridized carbons (Fsp3) is 0. The molecule has 0 radical (unpaired) electrons. The van der Waals surface area contributed by atoms with E-state index in [4.69, 9.17) is 34.8 Å². The predicted octanol–water partition coefficient (Wildman–Crippen LogP) is 7.40. The molecule has 0 saturated carbocycles. The van der Waals surface area contributed by atoms with Crippen LogP contribution in [0.3, 0.4) is 0 Å². The van der Waals surface area contributed by atoms with Gasteiger partial charge in [-0.25, -0.2) is 0 Å². The Labute approximate surface area is 166 Å². The number of nitrogens with one attached hydrogen (secondary N) is 1. The van der Waals surface area contributed by atoms with Crippen LogP contribution in [0.2, 0.25) is 15.1 Å². The van der Waals surface area contributed by atoms with Gasteiger partial charge in [0, 0.05) is 10.6 Å². The second-order valence-corrected chi connectivity index (χ2v) is 7.10. The Balaban J connectivity index is 1.80. The van der Waals surface area contributed by atoms with Crippen LogP contribution in [0.1, 0.15) is 5.56 Å². The van der Waals surface area contributed by atoms with Crippen LogP contribution in [-0.2, 0) is 0 Å². The number of anilines is 1. The molecule has 26 heavy (non-hydrogen) atoms. The highest BCUT2D eigenvalue weighted by Gasteiger charge is 2.08. The SMILES string of the molecule is Clc1cc(Cl)c(NN=Cc2c3ccccc3cc3ccccc23)c(Cl)c1. The topological polar surface area (TPSA) is 24.4 Å². The fourth-order valence-electron chi connectivity index (χ4n) is 3.00. The lowest BCUT2D eigenvalue weighted by Gasteiger charge is -2.09. The quantitative estimate of drug-likeness (QED) is 0.217. The van der Waals surface area contributed by atoms with E-state index >= 15 is 0 Å². The highest BCUT2D eigenvalue weighted by Crippen LogP contribution is 2.34. The van der Waals surface area contributed by atoms with E-state index in [2.05, 4.69) is 40.9 Å². The fourth-order valence-corrected chi connectivity index (χ4v) is 3.90.